The Balaban J connectivity index is 2.26. The van der Waals surface area contributed by atoms with Crippen LogP contribution in [-0.2, 0) is 9.59 Å². The summed E-state index contributed by atoms with van der Waals surface area (Å²) in [6, 6.07) is -0.489. The van der Waals surface area contributed by atoms with E-state index in [-0.39, 0.29) is 11.9 Å². The molecule has 5 nitrogen and oxygen atoms in total. The lowest BCUT2D eigenvalue weighted by Crippen LogP contribution is -2.38. The first-order valence-corrected chi connectivity index (χ1v) is 5.74. The molecule has 0 spiro atoms. The summed E-state index contributed by atoms with van der Waals surface area (Å²) in [5, 5.41) is 11.6. The Bertz CT molecular complexity index is 260. The zero-order valence-electron chi connectivity index (χ0n) is 9.61. The van der Waals surface area contributed by atoms with Gasteiger partial charge in [0.15, 0.2) is 0 Å². The molecular weight excluding hydrogens is 208 g/mol. The highest BCUT2D eigenvalue weighted by molar-refractivity contribution is 5.73. The maximum Gasteiger partial charge on any atom is 0.320 e. The fourth-order valence-electron chi connectivity index (χ4n) is 2.29. The summed E-state index contributed by atoms with van der Waals surface area (Å²) < 4.78 is 0. The van der Waals surface area contributed by atoms with E-state index in [9.17, 15) is 9.59 Å². The van der Waals surface area contributed by atoms with Gasteiger partial charge < -0.3 is 16.2 Å². The van der Waals surface area contributed by atoms with Crippen molar-refractivity contribution in [2.45, 2.75) is 51.1 Å². The Hall–Kier alpha value is -1.10. The standard InChI is InChI=1S/C11H20N2O3/c1-7(14)13-9-4-2-8(3-5-9)6-10(12)11(15)16/h8-10H,2-6,12H2,1H3,(H,13,14)(H,15,16)/t8?,9?,10-/m1/s1. The highest BCUT2D eigenvalue weighted by Crippen LogP contribution is 2.27. The monoisotopic (exact) mass is 228 g/mol. The van der Waals surface area contributed by atoms with E-state index in [4.69, 9.17) is 10.8 Å². The number of carbonyl (C=O) groups excluding carboxylic acids is 1. The van der Waals surface area contributed by atoms with Crippen LogP contribution >= 0.6 is 0 Å². The van der Waals surface area contributed by atoms with Gasteiger partial charge in [0.2, 0.25) is 5.91 Å². The highest BCUT2D eigenvalue weighted by Gasteiger charge is 2.25. The lowest BCUT2D eigenvalue weighted by Gasteiger charge is -2.29. The lowest BCUT2D eigenvalue weighted by atomic mass is 9.82. The molecule has 0 saturated heterocycles. The minimum absolute atomic E-state index is 0.00527. The van der Waals surface area contributed by atoms with E-state index in [2.05, 4.69) is 5.32 Å². The van der Waals surface area contributed by atoms with Gasteiger partial charge in [0.1, 0.15) is 6.04 Å². The lowest BCUT2D eigenvalue weighted by molar-refractivity contribution is -0.139. The fourth-order valence-corrected chi connectivity index (χ4v) is 2.29. The smallest absolute Gasteiger partial charge is 0.320 e. The van der Waals surface area contributed by atoms with Crippen LogP contribution in [0.4, 0.5) is 0 Å². The molecule has 0 aliphatic heterocycles. The molecular formula is C11H20N2O3. The molecule has 5 heteroatoms. The van der Waals surface area contributed by atoms with Crippen molar-refractivity contribution >= 4 is 11.9 Å². The molecule has 4 N–H and O–H groups in total. The molecule has 16 heavy (non-hydrogen) atoms. The van der Waals surface area contributed by atoms with Crippen LogP contribution in [0, 0.1) is 5.92 Å². The molecule has 92 valence electrons. The third kappa shape index (κ3) is 4.18. The van der Waals surface area contributed by atoms with E-state index in [0.717, 1.165) is 25.7 Å². The summed E-state index contributed by atoms with van der Waals surface area (Å²) in [6.45, 7) is 1.52. The van der Waals surface area contributed by atoms with E-state index in [1.807, 2.05) is 0 Å². The van der Waals surface area contributed by atoms with Crippen molar-refractivity contribution in [1.29, 1.82) is 0 Å². The Labute approximate surface area is 95.4 Å². The number of hydrogen-bond acceptors (Lipinski definition) is 3. The quantitative estimate of drug-likeness (QED) is 0.652. The molecule has 1 aliphatic rings. The maximum absolute atomic E-state index is 10.9. The number of amides is 1. The van der Waals surface area contributed by atoms with Crippen molar-refractivity contribution in [3.63, 3.8) is 0 Å². The fraction of sp³-hybridized carbons (Fsp3) is 0.818. The minimum atomic E-state index is -0.927. The number of nitrogens with one attached hydrogen (secondary N) is 1. The molecule has 1 amide bonds. The largest absolute Gasteiger partial charge is 0.480 e. The number of rotatable bonds is 4. The molecule has 0 bridgehead atoms. The average Bonchev–Trinajstić information content (AvgIpc) is 2.20. The second-order valence-electron chi connectivity index (χ2n) is 4.60. The molecule has 1 rings (SSSR count). The molecule has 1 aliphatic carbocycles. The van der Waals surface area contributed by atoms with Gasteiger partial charge in [-0.1, -0.05) is 0 Å². The maximum atomic E-state index is 10.9. The Morgan fingerprint density at radius 3 is 2.38 bits per heavy atom. The first-order chi connectivity index (χ1) is 7.49. The zero-order valence-corrected chi connectivity index (χ0v) is 9.61. The molecule has 1 atom stereocenters. The molecule has 1 saturated carbocycles. The Morgan fingerprint density at radius 1 is 1.38 bits per heavy atom. The molecule has 0 aromatic rings. The average molecular weight is 228 g/mol. The van der Waals surface area contributed by atoms with Crippen LogP contribution in [0.15, 0.2) is 0 Å². The van der Waals surface area contributed by atoms with Crippen LogP contribution in [0.1, 0.15) is 39.0 Å². The van der Waals surface area contributed by atoms with Crippen molar-refractivity contribution in [3.05, 3.63) is 0 Å². The number of aliphatic carboxylic acids is 1. The third-order valence-corrected chi connectivity index (χ3v) is 3.16. The SMILES string of the molecule is CC(=O)NC1CCC(C[C@@H](N)C(=O)O)CC1. The number of nitrogens with two attached hydrogens (primary N) is 1. The third-order valence-electron chi connectivity index (χ3n) is 3.16. The summed E-state index contributed by atoms with van der Waals surface area (Å²) in [5.41, 5.74) is 5.49. The molecule has 0 heterocycles. The topological polar surface area (TPSA) is 92.4 Å². The number of carboxylic acids is 1. The summed E-state index contributed by atoms with van der Waals surface area (Å²) in [4.78, 5) is 21.5. The van der Waals surface area contributed by atoms with Crippen molar-refractivity contribution in [3.8, 4) is 0 Å². The number of hydrogen-bond donors (Lipinski definition) is 3. The van der Waals surface area contributed by atoms with Gasteiger partial charge in [0, 0.05) is 13.0 Å². The minimum Gasteiger partial charge on any atom is -0.480 e. The van der Waals surface area contributed by atoms with Gasteiger partial charge in [-0.2, -0.15) is 0 Å². The molecule has 0 aromatic carbocycles. The van der Waals surface area contributed by atoms with E-state index in [1.165, 1.54) is 6.92 Å². The van der Waals surface area contributed by atoms with Crippen LogP contribution in [0.25, 0.3) is 0 Å². The summed E-state index contributed by atoms with van der Waals surface area (Å²) in [6.07, 6.45) is 4.30. The van der Waals surface area contributed by atoms with Gasteiger partial charge in [-0.3, -0.25) is 9.59 Å². The first kappa shape index (κ1) is 13.0. The Kier molecular flexibility index (Phi) is 4.73. The van der Waals surface area contributed by atoms with Gasteiger partial charge >= 0.3 is 5.97 Å². The van der Waals surface area contributed by atoms with Crippen molar-refractivity contribution in [2.24, 2.45) is 11.7 Å². The van der Waals surface area contributed by atoms with Gasteiger partial charge in [0.25, 0.3) is 0 Å². The van der Waals surface area contributed by atoms with Gasteiger partial charge in [-0.25, -0.2) is 0 Å². The second kappa shape index (κ2) is 5.84. The summed E-state index contributed by atoms with van der Waals surface area (Å²) in [5.74, 6) is -0.536. The highest BCUT2D eigenvalue weighted by atomic mass is 16.4. The van der Waals surface area contributed by atoms with Gasteiger partial charge in [0.05, 0.1) is 0 Å². The molecule has 0 unspecified atom stereocenters. The van der Waals surface area contributed by atoms with Crippen molar-refractivity contribution < 1.29 is 14.7 Å². The van der Waals surface area contributed by atoms with E-state index in [0.29, 0.717) is 12.3 Å². The Morgan fingerprint density at radius 2 is 1.94 bits per heavy atom. The normalized spacial score (nSPS) is 27.1. The second-order valence-corrected chi connectivity index (χ2v) is 4.60. The first-order valence-electron chi connectivity index (χ1n) is 5.74. The van der Waals surface area contributed by atoms with Crippen LogP contribution in [0.5, 0.6) is 0 Å². The van der Waals surface area contributed by atoms with E-state index >= 15 is 0 Å². The summed E-state index contributed by atoms with van der Waals surface area (Å²) >= 11 is 0. The molecule has 1 fully saturated rings. The predicted molar refractivity (Wildman–Crippen MR) is 59.8 cm³/mol. The molecule has 0 radical (unpaired) electrons. The van der Waals surface area contributed by atoms with Crippen molar-refractivity contribution in [1.82, 2.24) is 5.32 Å². The van der Waals surface area contributed by atoms with Gasteiger partial charge in [-0.15, -0.1) is 0 Å². The van der Waals surface area contributed by atoms with E-state index in [1.54, 1.807) is 0 Å². The van der Waals surface area contributed by atoms with Gasteiger partial charge in [-0.05, 0) is 38.0 Å². The number of carboxylic acid groups (broad SMARTS) is 1. The van der Waals surface area contributed by atoms with Crippen LogP contribution in [0.2, 0.25) is 0 Å². The number of carbonyl (C=O) groups is 2. The summed E-state index contributed by atoms with van der Waals surface area (Å²) in [7, 11) is 0. The van der Waals surface area contributed by atoms with E-state index < -0.39 is 12.0 Å². The molecule has 0 aromatic heterocycles. The van der Waals surface area contributed by atoms with Crippen LogP contribution < -0.4 is 11.1 Å². The predicted octanol–water partition coefficient (Wildman–Crippen LogP) is 0.483. The van der Waals surface area contributed by atoms with Crippen LogP contribution in [0.3, 0.4) is 0 Å². The zero-order chi connectivity index (χ0) is 12.1. The van der Waals surface area contributed by atoms with Crippen LogP contribution in [-0.4, -0.2) is 29.1 Å². The van der Waals surface area contributed by atoms with Crippen molar-refractivity contribution in [2.75, 3.05) is 0 Å².